The van der Waals surface area contributed by atoms with E-state index in [-0.39, 0.29) is 5.91 Å². The number of carbonyl (C=O) groups excluding carboxylic acids is 1. The summed E-state index contributed by atoms with van der Waals surface area (Å²) < 4.78 is 16.6. The fourth-order valence-corrected chi connectivity index (χ4v) is 4.61. The maximum absolute atomic E-state index is 13.1. The molecule has 3 heterocycles. The minimum atomic E-state index is 0.0650. The monoisotopic (exact) mass is 427 g/mol. The molecule has 0 bridgehead atoms. The molecule has 0 spiro atoms. The predicted octanol–water partition coefficient (Wildman–Crippen LogP) is 3.83. The molecule has 1 amide bonds. The fraction of sp³-hybridized carbons (Fsp3) is 0.583. The van der Waals surface area contributed by atoms with Gasteiger partial charge in [0, 0.05) is 25.2 Å². The molecule has 7 nitrogen and oxygen atoms in total. The molecule has 168 valence electrons. The van der Waals surface area contributed by atoms with Crippen molar-refractivity contribution in [1.29, 1.82) is 0 Å². The number of amides is 1. The molecule has 0 radical (unpaired) electrons. The molecule has 31 heavy (non-hydrogen) atoms. The van der Waals surface area contributed by atoms with Crippen LogP contribution in [0.2, 0.25) is 0 Å². The smallest absolute Gasteiger partial charge is 0.253 e. The third-order valence-corrected chi connectivity index (χ3v) is 6.58. The predicted molar refractivity (Wildman–Crippen MR) is 118 cm³/mol. The average Bonchev–Trinajstić information content (AvgIpc) is 3.42. The van der Waals surface area contributed by atoms with Crippen LogP contribution in [0.15, 0.2) is 22.7 Å². The number of aromatic nitrogens is 1. The van der Waals surface area contributed by atoms with Crippen LogP contribution in [0.5, 0.6) is 11.5 Å². The van der Waals surface area contributed by atoms with E-state index in [1.165, 1.54) is 32.5 Å². The Kier molecular flexibility index (Phi) is 6.80. The van der Waals surface area contributed by atoms with Crippen LogP contribution in [-0.4, -0.2) is 60.7 Å². The highest BCUT2D eigenvalue weighted by Gasteiger charge is 2.26. The molecule has 1 aromatic carbocycles. The number of ether oxygens (including phenoxy) is 2. The van der Waals surface area contributed by atoms with E-state index in [0.717, 1.165) is 42.9 Å². The van der Waals surface area contributed by atoms with Crippen molar-refractivity contribution in [3.63, 3.8) is 0 Å². The Morgan fingerprint density at radius 3 is 2.52 bits per heavy atom. The molecule has 4 rings (SSSR count). The average molecular weight is 428 g/mol. The van der Waals surface area contributed by atoms with E-state index in [4.69, 9.17) is 14.0 Å². The first-order valence-corrected chi connectivity index (χ1v) is 11.3. The molecule has 0 atom stereocenters. The fourth-order valence-electron chi connectivity index (χ4n) is 4.61. The highest BCUT2D eigenvalue weighted by Crippen LogP contribution is 2.31. The highest BCUT2D eigenvalue weighted by molar-refractivity contribution is 5.95. The molecular formula is C24H33N3O4. The second-order valence-electron chi connectivity index (χ2n) is 8.70. The van der Waals surface area contributed by atoms with Crippen LogP contribution < -0.4 is 9.47 Å². The van der Waals surface area contributed by atoms with Gasteiger partial charge in [0.2, 0.25) is 0 Å². The third kappa shape index (κ3) is 5.03. The lowest BCUT2D eigenvalue weighted by Crippen LogP contribution is -2.41. The van der Waals surface area contributed by atoms with Crippen LogP contribution >= 0.6 is 0 Å². The van der Waals surface area contributed by atoms with Gasteiger partial charge < -0.3 is 23.8 Å². The van der Waals surface area contributed by atoms with Gasteiger partial charge in [0.25, 0.3) is 5.91 Å². The number of carbonyl (C=O) groups is 1. The topological polar surface area (TPSA) is 68.0 Å². The quantitative estimate of drug-likeness (QED) is 0.669. The number of nitrogens with zero attached hydrogens (tertiary/aromatic N) is 3. The Morgan fingerprint density at radius 2 is 1.87 bits per heavy atom. The summed E-state index contributed by atoms with van der Waals surface area (Å²) in [6.45, 7) is 9.41. The van der Waals surface area contributed by atoms with Crippen molar-refractivity contribution in [1.82, 2.24) is 15.0 Å². The highest BCUT2D eigenvalue weighted by atomic mass is 16.5. The number of hydrogen-bond acceptors (Lipinski definition) is 6. The number of benzene rings is 1. The Hall–Kier alpha value is -2.54. The zero-order chi connectivity index (χ0) is 21.8. The van der Waals surface area contributed by atoms with Crippen molar-refractivity contribution in [3.8, 4) is 11.5 Å². The first kappa shape index (κ1) is 21.7. The van der Waals surface area contributed by atoms with Crippen molar-refractivity contribution in [3.05, 3.63) is 40.8 Å². The third-order valence-electron chi connectivity index (χ3n) is 6.58. The Morgan fingerprint density at radius 1 is 1.13 bits per heavy atom. The molecule has 2 fully saturated rings. The number of rotatable bonds is 7. The van der Waals surface area contributed by atoms with Crippen molar-refractivity contribution < 1.29 is 18.8 Å². The summed E-state index contributed by atoms with van der Waals surface area (Å²) in [7, 11) is 1.59. The van der Waals surface area contributed by atoms with Gasteiger partial charge in [0.15, 0.2) is 11.5 Å². The Bertz CT molecular complexity index is 877. The van der Waals surface area contributed by atoms with Crippen molar-refractivity contribution in [2.75, 3.05) is 39.8 Å². The van der Waals surface area contributed by atoms with Gasteiger partial charge in [-0.2, -0.15) is 0 Å². The number of aryl methyl sites for hydroxylation is 2. The number of hydrogen-bond donors (Lipinski definition) is 0. The molecule has 0 saturated carbocycles. The second kappa shape index (κ2) is 9.73. The van der Waals surface area contributed by atoms with Crippen molar-refractivity contribution in [2.45, 2.75) is 46.1 Å². The van der Waals surface area contributed by atoms with E-state index in [9.17, 15) is 4.79 Å². The van der Waals surface area contributed by atoms with Gasteiger partial charge in [-0.15, -0.1) is 0 Å². The van der Waals surface area contributed by atoms with E-state index >= 15 is 0 Å². The minimum Gasteiger partial charge on any atom is -0.493 e. The van der Waals surface area contributed by atoms with Crippen LogP contribution in [0.3, 0.4) is 0 Å². The first-order chi connectivity index (χ1) is 15.0. The first-order valence-electron chi connectivity index (χ1n) is 11.3. The van der Waals surface area contributed by atoms with Gasteiger partial charge in [-0.25, -0.2) is 0 Å². The molecule has 2 aliphatic heterocycles. The minimum absolute atomic E-state index is 0.0650. The molecule has 0 unspecified atom stereocenters. The van der Waals surface area contributed by atoms with Gasteiger partial charge in [0.1, 0.15) is 12.4 Å². The molecule has 7 heteroatoms. The van der Waals surface area contributed by atoms with Crippen molar-refractivity contribution >= 4 is 5.91 Å². The summed E-state index contributed by atoms with van der Waals surface area (Å²) >= 11 is 0. The summed E-state index contributed by atoms with van der Waals surface area (Å²) in [6.07, 6.45) is 4.82. The largest absolute Gasteiger partial charge is 0.493 e. The van der Waals surface area contributed by atoms with Crippen LogP contribution in [0.25, 0.3) is 0 Å². The summed E-state index contributed by atoms with van der Waals surface area (Å²) in [5.74, 6) is 2.67. The summed E-state index contributed by atoms with van der Waals surface area (Å²) in [5.41, 5.74) is 2.38. The van der Waals surface area contributed by atoms with E-state index < -0.39 is 0 Å². The zero-order valence-corrected chi connectivity index (χ0v) is 18.9. The molecular weight excluding hydrogens is 394 g/mol. The van der Waals surface area contributed by atoms with E-state index in [1.807, 2.05) is 30.9 Å². The van der Waals surface area contributed by atoms with Gasteiger partial charge in [0.05, 0.1) is 18.4 Å². The number of likely N-dealkylation sites (tertiary alicyclic amines) is 2. The normalized spacial score (nSPS) is 17.8. The molecule has 2 aliphatic rings. The Labute approximate surface area is 184 Å². The SMILES string of the molecule is COc1cc(C(=O)N2CCC(CN3CCCC3)CC2)ccc1OCc1c(C)noc1C. The molecule has 2 saturated heterocycles. The zero-order valence-electron chi connectivity index (χ0n) is 18.9. The lowest BCUT2D eigenvalue weighted by molar-refractivity contribution is 0.0672. The lowest BCUT2D eigenvalue weighted by atomic mass is 9.95. The van der Waals surface area contributed by atoms with E-state index in [2.05, 4.69) is 10.1 Å². The van der Waals surface area contributed by atoms with Gasteiger partial charge >= 0.3 is 0 Å². The van der Waals surface area contributed by atoms with Crippen molar-refractivity contribution in [2.24, 2.45) is 5.92 Å². The van der Waals surface area contributed by atoms with Crippen LogP contribution in [-0.2, 0) is 6.61 Å². The maximum atomic E-state index is 13.1. The Balaban J connectivity index is 1.35. The maximum Gasteiger partial charge on any atom is 0.253 e. The van der Waals surface area contributed by atoms with Crippen LogP contribution in [0.4, 0.5) is 0 Å². The standard InChI is InChI=1S/C24H33N3O4/c1-17-21(18(2)31-25-17)16-30-22-7-6-20(14-23(22)29-3)24(28)27-12-8-19(9-13-27)15-26-10-4-5-11-26/h6-7,14,19H,4-5,8-13,15-16H2,1-3H3. The van der Waals surface area contributed by atoms with E-state index in [0.29, 0.717) is 29.6 Å². The van der Waals surface area contributed by atoms with Gasteiger partial charge in [-0.05, 0) is 76.7 Å². The molecule has 0 aliphatic carbocycles. The number of piperidine rings is 1. The van der Waals surface area contributed by atoms with Gasteiger partial charge in [-0.1, -0.05) is 5.16 Å². The van der Waals surface area contributed by atoms with Gasteiger partial charge in [-0.3, -0.25) is 4.79 Å². The lowest BCUT2D eigenvalue weighted by Gasteiger charge is -2.34. The van der Waals surface area contributed by atoms with Crippen LogP contribution in [0.1, 0.15) is 53.1 Å². The molecule has 0 N–H and O–H groups in total. The van der Waals surface area contributed by atoms with Crippen LogP contribution in [0, 0.1) is 19.8 Å². The molecule has 1 aromatic heterocycles. The number of methoxy groups -OCH3 is 1. The second-order valence-corrected chi connectivity index (χ2v) is 8.70. The van der Waals surface area contributed by atoms with E-state index in [1.54, 1.807) is 13.2 Å². The summed E-state index contributed by atoms with van der Waals surface area (Å²) in [5, 5.41) is 3.95. The summed E-state index contributed by atoms with van der Waals surface area (Å²) in [4.78, 5) is 17.6. The summed E-state index contributed by atoms with van der Waals surface area (Å²) in [6, 6.07) is 5.41. The molecule has 2 aromatic rings.